The molecule has 0 spiro atoms. The van der Waals surface area contributed by atoms with Crippen LogP contribution in [0.15, 0.2) is 24.3 Å². The van der Waals surface area contributed by atoms with Gasteiger partial charge in [-0.05, 0) is 54.7 Å². The molecule has 156 valence electrons. The minimum absolute atomic E-state index is 0.0779. The summed E-state index contributed by atoms with van der Waals surface area (Å²) in [6, 6.07) is 8.22. The summed E-state index contributed by atoms with van der Waals surface area (Å²) in [4.78, 5) is 16.2. The predicted octanol–water partition coefficient (Wildman–Crippen LogP) is 3.49. The third-order valence-corrected chi connectivity index (χ3v) is 6.50. The number of carbonyl (C=O) groups is 1. The molecule has 1 saturated heterocycles. The van der Waals surface area contributed by atoms with E-state index >= 15 is 0 Å². The summed E-state index contributed by atoms with van der Waals surface area (Å²) in [6.07, 6.45) is 2.26. The summed E-state index contributed by atoms with van der Waals surface area (Å²) >= 11 is 0. The summed E-state index contributed by atoms with van der Waals surface area (Å²) < 4.78 is 0. The second-order valence-electron chi connectivity index (χ2n) is 9.59. The molecule has 1 saturated carbocycles. The molecule has 0 bridgehead atoms. The zero-order valence-electron chi connectivity index (χ0n) is 17.5. The van der Waals surface area contributed by atoms with Gasteiger partial charge in [-0.15, -0.1) is 0 Å². The Bertz CT molecular complexity index is 665. The van der Waals surface area contributed by atoms with Crippen LogP contribution in [0.1, 0.15) is 40.0 Å². The fourth-order valence-corrected chi connectivity index (χ4v) is 4.99. The van der Waals surface area contributed by atoms with Gasteiger partial charge in [0, 0.05) is 50.1 Å². The first-order valence-electron chi connectivity index (χ1n) is 10.5. The van der Waals surface area contributed by atoms with Gasteiger partial charge in [0.05, 0.1) is 0 Å². The van der Waals surface area contributed by atoms with Crippen molar-refractivity contribution in [2.24, 2.45) is 17.3 Å². The lowest BCUT2D eigenvalue weighted by molar-refractivity contribution is 0.0774. The Morgan fingerprint density at radius 2 is 1.93 bits per heavy atom. The number of rotatable bonds is 4. The Hall–Kier alpha value is -1.95. The molecule has 28 heavy (non-hydrogen) atoms. The Morgan fingerprint density at radius 3 is 2.54 bits per heavy atom. The second kappa shape index (κ2) is 8.60. The van der Waals surface area contributed by atoms with Crippen LogP contribution in [0.5, 0.6) is 0 Å². The number of hydrogen-bond donors (Lipinski definition) is 3. The van der Waals surface area contributed by atoms with Gasteiger partial charge in [-0.25, -0.2) is 4.79 Å². The van der Waals surface area contributed by atoms with E-state index in [0.29, 0.717) is 11.8 Å². The average molecular weight is 389 g/mol. The van der Waals surface area contributed by atoms with Crippen LogP contribution >= 0.6 is 0 Å². The first-order valence-corrected chi connectivity index (χ1v) is 10.5. The molecule has 1 heterocycles. The summed E-state index contributed by atoms with van der Waals surface area (Å²) in [5, 5.41) is 12.0. The third kappa shape index (κ3) is 5.31. The lowest BCUT2D eigenvalue weighted by atomic mass is 9.66. The van der Waals surface area contributed by atoms with E-state index in [4.69, 9.17) is 5.73 Å². The van der Waals surface area contributed by atoms with E-state index in [2.05, 4.69) is 48.0 Å². The molecule has 6 heteroatoms. The van der Waals surface area contributed by atoms with Crippen molar-refractivity contribution >= 4 is 17.5 Å². The summed E-state index contributed by atoms with van der Waals surface area (Å²) in [5.41, 5.74) is 8.07. The summed E-state index contributed by atoms with van der Waals surface area (Å²) in [5.74, 6) is 1.03. The number of nitrogen functional groups attached to an aromatic ring is 1. The van der Waals surface area contributed by atoms with Gasteiger partial charge in [0.15, 0.2) is 0 Å². The van der Waals surface area contributed by atoms with Crippen molar-refractivity contribution in [2.45, 2.75) is 46.1 Å². The Labute approximate surface area is 169 Å². The molecule has 1 amide bonds. The molecule has 3 atom stereocenters. The van der Waals surface area contributed by atoms with Crippen LogP contribution in [0.2, 0.25) is 0 Å². The van der Waals surface area contributed by atoms with Crippen LogP contribution in [-0.4, -0.2) is 54.9 Å². The summed E-state index contributed by atoms with van der Waals surface area (Å²) in [6.45, 7) is 12.0. The molecular formula is C22H36N4O2. The lowest BCUT2D eigenvalue weighted by Gasteiger charge is -2.45. The van der Waals surface area contributed by atoms with Crippen LogP contribution in [0, 0.1) is 17.3 Å². The van der Waals surface area contributed by atoms with Gasteiger partial charge in [0.1, 0.15) is 0 Å². The number of hydrogen-bond acceptors (Lipinski definition) is 4. The van der Waals surface area contributed by atoms with Gasteiger partial charge in [-0.1, -0.05) is 26.8 Å². The minimum Gasteiger partial charge on any atom is -0.465 e. The van der Waals surface area contributed by atoms with Crippen LogP contribution in [0.3, 0.4) is 0 Å². The SMILES string of the molecule is CC(C)(C)C1CC(CN2CCN(c3cccc(N)c3)CC2)CCC1NC(=O)O. The zero-order valence-corrected chi connectivity index (χ0v) is 17.5. The van der Waals surface area contributed by atoms with Crippen molar-refractivity contribution in [3.63, 3.8) is 0 Å². The maximum absolute atomic E-state index is 11.2. The Morgan fingerprint density at radius 1 is 1.21 bits per heavy atom. The monoisotopic (exact) mass is 388 g/mol. The average Bonchev–Trinajstić information content (AvgIpc) is 2.62. The largest absolute Gasteiger partial charge is 0.465 e. The van der Waals surface area contributed by atoms with Crippen LogP contribution in [-0.2, 0) is 0 Å². The molecule has 6 nitrogen and oxygen atoms in total. The van der Waals surface area contributed by atoms with E-state index in [1.54, 1.807) is 0 Å². The fourth-order valence-electron chi connectivity index (χ4n) is 4.99. The van der Waals surface area contributed by atoms with Crippen LogP contribution < -0.4 is 16.0 Å². The molecule has 1 aliphatic carbocycles. The molecular weight excluding hydrogens is 352 g/mol. The van der Waals surface area contributed by atoms with E-state index in [9.17, 15) is 9.90 Å². The van der Waals surface area contributed by atoms with Crippen molar-refractivity contribution in [3.8, 4) is 0 Å². The van der Waals surface area contributed by atoms with Gasteiger partial charge >= 0.3 is 6.09 Å². The van der Waals surface area contributed by atoms with Gasteiger partial charge in [-0.3, -0.25) is 4.90 Å². The number of nitrogens with zero attached hydrogens (tertiary/aromatic N) is 2. The fraction of sp³-hybridized carbons (Fsp3) is 0.682. The zero-order chi connectivity index (χ0) is 20.3. The number of nitrogens with two attached hydrogens (primary N) is 1. The van der Waals surface area contributed by atoms with Crippen molar-refractivity contribution in [3.05, 3.63) is 24.3 Å². The maximum atomic E-state index is 11.2. The van der Waals surface area contributed by atoms with Crippen molar-refractivity contribution in [1.29, 1.82) is 0 Å². The van der Waals surface area contributed by atoms with Gasteiger partial charge in [-0.2, -0.15) is 0 Å². The van der Waals surface area contributed by atoms with E-state index < -0.39 is 6.09 Å². The van der Waals surface area contributed by atoms with Gasteiger partial charge in [0.2, 0.25) is 0 Å². The van der Waals surface area contributed by atoms with Gasteiger partial charge in [0.25, 0.3) is 0 Å². The highest BCUT2D eigenvalue weighted by molar-refractivity contribution is 5.64. The molecule has 2 fully saturated rings. The highest BCUT2D eigenvalue weighted by Gasteiger charge is 2.39. The molecule has 1 aliphatic heterocycles. The molecule has 3 rings (SSSR count). The number of carboxylic acid groups (broad SMARTS) is 1. The van der Waals surface area contributed by atoms with E-state index in [0.717, 1.165) is 57.7 Å². The predicted molar refractivity (Wildman–Crippen MR) is 115 cm³/mol. The number of piperazine rings is 1. The molecule has 3 unspecified atom stereocenters. The Balaban J connectivity index is 1.53. The number of anilines is 2. The quantitative estimate of drug-likeness (QED) is 0.688. The van der Waals surface area contributed by atoms with Crippen molar-refractivity contribution in [1.82, 2.24) is 10.2 Å². The van der Waals surface area contributed by atoms with Crippen molar-refractivity contribution in [2.75, 3.05) is 43.4 Å². The molecule has 1 aromatic rings. The maximum Gasteiger partial charge on any atom is 0.404 e. The highest BCUT2D eigenvalue weighted by Crippen LogP contribution is 2.41. The van der Waals surface area contributed by atoms with Crippen LogP contribution in [0.4, 0.5) is 16.2 Å². The number of nitrogens with one attached hydrogen (secondary N) is 1. The highest BCUT2D eigenvalue weighted by atomic mass is 16.4. The first-order chi connectivity index (χ1) is 13.2. The van der Waals surface area contributed by atoms with E-state index in [-0.39, 0.29) is 11.5 Å². The second-order valence-corrected chi connectivity index (χ2v) is 9.59. The van der Waals surface area contributed by atoms with E-state index in [1.165, 1.54) is 5.69 Å². The first kappa shape index (κ1) is 20.8. The minimum atomic E-state index is -0.893. The topological polar surface area (TPSA) is 81.8 Å². The Kier molecular flexibility index (Phi) is 6.38. The smallest absolute Gasteiger partial charge is 0.404 e. The van der Waals surface area contributed by atoms with Crippen molar-refractivity contribution < 1.29 is 9.90 Å². The molecule has 1 aromatic carbocycles. The summed E-state index contributed by atoms with van der Waals surface area (Å²) in [7, 11) is 0. The molecule has 0 aromatic heterocycles. The normalized spacial score (nSPS) is 26.8. The molecule has 2 aliphatic rings. The molecule has 0 radical (unpaired) electrons. The van der Waals surface area contributed by atoms with Gasteiger partial charge < -0.3 is 21.1 Å². The van der Waals surface area contributed by atoms with Crippen LogP contribution in [0.25, 0.3) is 0 Å². The number of amides is 1. The lowest BCUT2D eigenvalue weighted by Crippen LogP contribution is -2.51. The third-order valence-electron chi connectivity index (χ3n) is 6.50. The molecule has 4 N–H and O–H groups in total. The number of benzene rings is 1. The standard InChI is InChI=1S/C22H36N4O2/c1-22(2,3)19-13-16(7-8-20(19)24-21(27)28)15-25-9-11-26(12-10-25)18-6-4-5-17(23)14-18/h4-6,14,16,19-20,24H,7-13,15,23H2,1-3H3,(H,27,28). The van der Waals surface area contributed by atoms with E-state index in [1.807, 2.05) is 12.1 Å².